The summed E-state index contributed by atoms with van der Waals surface area (Å²) >= 11 is 0. The summed E-state index contributed by atoms with van der Waals surface area (Å²) in [5.41, 5.74) is 24.3. The van der Waals surface area contributed by atoms with E-state index in [9.17, 15) is 11.0 Å². The quantitative estimate of drug-likeness (QED) is 0.152. The van der Waals surface area contributed by atoms with Crippen LogP contribution < -0.4 is 4.90 Å². The molecule has 3 aromatic heterocycles. The molecule has 0 N–H and O–H groups in total. The van der Waals surface area contributed by atoms with Gasteiger partial charge in [-0.25, -0.2) is 0 Å². The van der Waals surface area contributed by atoms with Crippen molar-refractivity contribution in [3.63, 3.8) is 0 Å². The summed E-state index contributed by atoms with van der Waals surface area (Å²) in [5, 5.41) is 3.71. The predicted octanol–water partition coefficient (Wildman–Crippen LogP) is 27.3. The minimum atomic E-state index is -0.700. The molecule has 4 heteroatoms. The van der Waals surface area contributed by atoms with Crippen LogP contribution in [0.1, 0.15) is 135 Å². The summed E-state index contributed by atoms with van der Waals surface area (Å²) in [6.45, 7) is 20.5. The van der Waals surface area contributed by atoms with Gasteiger partial charge in [-0.1, -0.05) is 299 Å². The van der Waals surface area contributed by atoms with E-state index in [4.69, 9.17) is 8.83 Å². The Morgan fingerprint density at radius 1 is 0.324 bits per heavy atom. The first-order valence-corrected chi connectivity index (χ1v) is 35.5. The van der Waals surface area contributed by atoms with Gasteiger partial charge in [0.1, 0.15) is 22.3 Å². The van der Waals surface area contributed by atoms with Crippen LogP contribution in [0.4, 0.5) is 17.1 Å². The lowest BCUT2D eigenvalue weighted by Crippen LogP contribution is -2.30. The van der Waals surface area contributed by atoms with Crippen LogP contribution in [-0.4, -0.2) is 4.57 Å². The van der Waals surface area contributed by atoms with Crippen LogP contribution in [0.3, 0.4) is 0 Å². The van der Waals surface area contributed by atoms with Crippen LogP contribution in [0.2, 0.25) is 0 Å². The molecule has 14 aromatic carbocycles. The Morgan fingerprint density at radius 3 is 1.37 bits per heavy atom. The summed E-state index contributed by atoms with van der Waals surface area (Å²) in [4.78, 5) is 2.48. The van der Waals surface area contributed by atoms with Crippen molar-refractivity contribution < 1.29 is 19.8 Å². The van der Waals surface area contributed by atoms with Crippen molar-refractivity contribution in [3.05, 3.63) is 347 Å². The lowest BCUT2D eigenvalue weighted by molar-refractivity contribution is 0.569. The topological polar surface area (TPSA) is 34.5 Å². The minimum absolute atomic E-state index is 0.0103. The lowest BCUT2D eigenvalue weighted by Gasteiger charge is -2.46. The zero-order chi connectivity index (χ0) is 76.0. The number of rotatable bonds is 8. The fraction of sp³-hybridized carbons (Fsp3) is 0.143. The molecule has 2 unspecified atom stereocenters. The van der Waals surface area contributed by atoms with E-state index in [-0.39, 0.29) is 50.1 Å². The maximum atomic E-state index is 10.2. The molecule has 0 fully saturated rings. The molecule has 17 aromatic rings. The van der Waals surface area contributed by atoms with Crippen molar-refractivity contribution in [1.29, 1.82) is 0 Å². The van der Waals surface area contributed by atoms with Gasteiger partial charge in [0, 0.05) is 61.0 Å². The van der Waals surface area contributed by atoms with E-state index in [2.05, 4.69) is 273 Å². The number of nitrogens with zero attached hydrogens (tertiary/aromatic N) is 2. The van der Waals surface area contributed by atoms with E-state index in [0.29, 0.717) is 16.9 Å². The average Bonchev–Trinajstić information content (AvgIpc) is 1.03. The van der Waals surface area contributed by atoms with Crippen molar-refractivity contribution in [2.75, 3.05) is 4.90 Å². The Bertz CT molecular complexity index is 6640. The molecule has 0 amide bonds. The first kappa shape index (κ1) is 53.2. The minimum Gasteiger partial charge on any atom is -0.456 e. The predicted molar refractivity (Wildman–Crippen MR) is 428 cm³/mol. The fourth-order valence-electron chi connectivity index (χ4n) is 16.7. The van der Waals surface area contributed by atoms with Gasteiger partial charge in [0.05, 0.1) is 39.1 Å². The van der Waals surface area contributed by atoms with Crippen LogP contribution in [0.25, 0.3) is 127 Å². The zero-order valence-corrected chi connectivity index (χ0v) is 58.5. The molecule has 1 aliphatic heterocycles. The van der Waals surface area contributed by atoms with Gasteiger partial charge in [-0.15, -0.1) is 0 Å². The monoisotopic (exact) mass is 1320 g/mol. The SMILES string of the molecule is [2H]c1c([2H])c([2H])c2c(c1[2H])c1c([2H])c([2H])c([2H])c([2H])c1n2-c1cc2c3c(c1)N(c1c(-c4ccccc4)cc4oc5ccccc5c4c1-c1ccccc1)c1cc(C(C)(C)C)ccc1C3c1cc(-c3cc(C(C)(C)C)cc(C(C)(C)C)c3)ccc1C2c1c(-c2ccccc2)cc2oc3ccccc3c2c1-c1ccccc1. The molecule has 2 aliphatic rings. The molecule has 492 valence electrons. The largest absolute Gasteiger partial charge is 0.456 e. The molecule has 102 heavy (non-hydrogen) atoms. The number of furan rings is 2. The summed E-state index contributed by atoms with van der Waals surface area (Å²) in [6.07, 6.45) is 0. The summed E-state index contributed by atoms with van der Waals surface area (Å²) < 4.78 is 94.0. The summed E-state index contributed by atoms with van der Waals surface area (Å²) in [7, 11) is 0. The van der Waals surface area contributed by atoms with E-state index in [1.54, 1.807) is 4.57 Å². The van der Waals surface area contributed by atoms with E-state index < -0.39 is 48.1 Å². The zero-order valence-electron chi connectivity index (χ0n) is 66.5. The number of benzene rings is 14. The standard InChI is InChI=1S/C98H78N2O2/c1-96(2,3)65-47-49-72-81(54-65)100(95-76(60-32-16-11-17-33-60)58-86-93(74-41-25-29-45-84(74)102-86)88(95)62-36-20-13-21-37-62)82-56-68(99-79-42-26-22-38-69(79)70-39-23-27-43-80(70)99)55-78-89(71-48-46-63(52-77(71)90(72)91(78)82)64-50-66(97(4,5)6)53-67(51-64)98(7,8)9)94-75(59-30-14-10-15-31-59)57-85-92(73-40-24-28-44-83(73)101-85)87(94)61-34-18-12-19-35-61/h10-58,89-90H,1-9H3/i22D,23D,26D,27D,38D,39D,42D,43D. The van der Waals surface area contributed by atoms with Crippen molar-refractivity contribution in [2.24, 2.45) is 0 Å². The Balaban J connectivity index is 1.09. The van der Waals surface area contributed by atoms with Gasteiger partial charge < -0.3 is 18.3 Å². The first-order chi connectivity index (χ1) is 52.8. The molecular formula is C98H78N2O2. The molecule has 0 saturated heterocycles. The summed E-state index contributed by atoms with van der Waals surface area (Å²) in [6, 6.07) is 85.3. The van der Waals surface area contributed by atoms with Gasteiger partial charge in [-0.2, -0.15) is 0 Å². The molecule has 1 aliphatic carbocycles. The number of fused-ring (bicyclic) bond motifs is 13. The number of anilines is 3. The third kappa shape index (κ3) is 9.63. The number of para-hydroxylation sites is 4. The maximum Gasteiger partial charge on any atom is 0.136 e. The second-order valence-corrected chi connectivity index (χ2v) is 30.9. The Kier molecular flexibility index (Phi) is 12.0. The average molecular weight is 1320 g/mol. The van der Waals surface area contributed by atoms with Crippen molar-refractivity contribution in [2.45, 2.75) is 90.4 Å². The van der Waals surface area contributed by atoms with Gasteiger partial charge in [-0.05, 0) is 171 Å². The number of hydrogen-bond donors (Lipinski definition) is 0. The van der Waals surface area contributed by atoms with Gasteiger partial charge in [0.2, 0.25) is 0 Å². The van der Waals surface area contributed by atoms with Crippen LogP contribution in [0.5, 0.6) is 0 Å². The highest BCUT2D eigenvalue weighted by Gasteiger charge is 2.46. The normalized spacial score (nSPS) is 15.6. The highest BCUT2D eigenvalue weighted by molar-refractivity contribution is 6.21. The van der Waals surface area contributed by atoms with Crippen LogP contribution in [0.15, 0.2) is 306 Å². The highest BCUT2D eigenvalue weighted by atomic mass is 16.3. The molecule has 0 spiro atoms. The molecule has 0 radical (unpaired) electrons. The summed E-state index contributed by atoms with van der Waals surface area (Å²) in [5.74, 6) is -1.22. The van der Waals surface area contributed by atoms with Gasteiger partial charge in [0.15, 0.2) is 0 Å². The molecule has 19 rings (SSSR count). The van der Waals surface area contributed by atoms with E-state index >= 15 is 0 Å². The number of hydrogen-bond acceptors (Lipinski definition) is 3. The molecule has 0 saturated carbocycles. The van der Waals surface area contributed by atoms with E-state index in [1.807, 2.05) is 42.5 Å². The van der Waals surface area contributed by atoms with E-state index in [1.165, 1.54) is 11.1 Å². The van der Waals surface area contributed by atoms with Gasteiger partial charge in [0.25, 0.3) is 0 Å². The van der Waals surface area contributed by atoms with Crippen LogP contribution >= 0.6 is 0 Å². The van der Waals surface area contributed by atoms with Crippen molar-refractivity contribution in [1.82, 2.24) is 4.57 Å². The first-order valence-electron chi connectivity index (χ1n) is 39.5. The van der Waals surface area contributed by atoms with Crippen LogP contribution in [0, 0.1) is 0 Å². The fourth-order valence-corrected chi connectivity index (χ4v) is 16.7. The molecular weight excluding hydrogens is 1240 g/mol. The van der Waals surface area contributed by atoms with Gasteiger partial charge in [-0.3, -0.25) is 0 Å². The van der Waals surface area contributed by atoms with Gasteiger partial charge >= 0.3 is 0 Å². The second-order valence-electron chi connectivity index (χ2n) is 30.9. The third-order valence-electron chi connectivity index (χ3n) is 21.6. The van der Waals surface area contributed by atoms with E-state index in [0.717, 1.165) is 144 Å². The maximum absolute atomic E-state index is 10.2. The van der Waals surface area contributed by atoms with Crippen LogP contribution in [-0.2, 0) is 16.2 Å². The number of aromatic nitrogens is 1. The Morgan fingerprint density at radius 2 is 0.804 bits per heavy atom. The second kappa shape index (κ2) is 22.9. The highest BCUT2D eigenvalue weighted by Crippen LogP contribution is 2.65. The molecule has 0 bridgehead atoms. The van der Waals surface area contributed by atoms with Crippen molar-refractivity contribution in [3.8, 4) is 61.3 Å². The Hall–Kier alpha value is -11.7. The molecule has 4 nitrogen and oxygen atoms in total. The molecule has 2 atom stereocenters. The molecule has 4 heterocycles. The van der Waals surface area contributed by atoms with Crippen molar-refractivity contribution >= 4 is 82.7 Å². The third-order valence-corrected chi connectivity index (χ3v) is 21.6. The lowest BCUT2D eigenvalue weighted by atomic mass is 9.63. The smallest absolute Gasteiger partial charge is 0.136 e. The Labute approximate surface area is 607 Å².